The van der Waals surface area contributed by atoms with Crippen LogP contribution in [0.4, 0.5) is 0 Å². The number of ether oxygens (including phenoxy) is 2. The van der Waals surface area contributed by atoms with E-state index < -0.39 is 0 Å². The van der Waals surface area contributed by atoms with Crippen molar-refractivity contribution in [3.63, 3.8) is 0 Å². The van der Waals surface area contributed by atoms with E-state index in [2.05, 4.69) is 30.0 Å². The van der Waals surface area contributed by atoms with Crippen molar-refractivity contribution in [1.82, 2.24) is 4.90 Å². The number of piperidine rings is 1. The van der Waals surface area contributed by atoms with Crippen molar-refractivity contribution in [1.29, 1.82) is 0 Å². The lowest BCUT2D eigenvalue weighted by molar-refractivity contribution is 0.0102. The maximum absolute atomic E-state index is 5.94. The fraction of sp³-hybridized carbons (Fsp3) is 0.647. The second-order valence-corrected chi connectivity index (χ2v) is 5.74. The molecule has 1 aromatic rings. The summed E-state index contributed by atoms with van der Waals surface area (Å²) in [5.74, 6) is 0.963. The van der Waals surface area contributed by atoms with Crippen molar-refractivity contribution in [2.24, 2.45) is 5.73 Å². The summed E-state index contributed by atoms with van der Waals surface area (Å²) in [6.07, 6.45) is 3.50. The van der Waals surface area contributed by atoms with Gasteiger partial charge in [0, 0.05) is 32.8 Å². The van der Waals surface area contributed by atoms with Gasteiger partial charge in [-0.3, -0.25) is 4.90 Å². The zero-order valence-corrected chi connectivity index (χ0v) is 13.3. The molecule has 4 nitrogen and oxygen atoms in total. The Labute approximate surface area is 128 Å². The monoisotopic (exact) mass is 292 g/mol. The third kappa shape index (κ3) is 4.70. The van der Waals surface area contributed by atoms with Crippen molar-refractivity contribution in [3.8, 4) is 5.75 Å². The lowest BCUT2D eigenvalue weighted by Crippen LogP contribution is -2.47. The number of rotatable bonds is 7. The van der Waals surface area contributed by atoms with Gasteiger partial charge in [-0.2, -0.15) is 0 Å². The first-order valence-corrected chi connectivity index (χ1v) is 7.95. The first-order chi connectivity index (χ1) is 10.3. The highest BCUT2D eigenvalue weighted by Crippen LogP contribution is 2.22. The Kier molecular flexibility index (Phi) is 6.49. The molecule has 2 unspecified atom stereocenters. The molecule has 1 aliphatic rings. The second kappa shape index (κ2) is 8.37. The summed E-state index contributed by atoms with van der Waals surface area (Å²) in [5.41, 5.74) is 7.23. The molecule has 0 aromatic heterocycles. The van der Waals surface area contributed by atoms with Crippen molar-refractivity contribution in [2.45, 2.75) is 44.9 Å². The molecule has 0 saturated carbocycles. The smallest absolute Gasteiger partial charge is 0.119 e. The van der Waals surface area contributed by atoms with Gasteiger partial charge in [-0.05, 0) is 37.0 Å². The quantitative estimate of drug-likeness (QED) is 0.838. The van der Waals surface area contributed by atoms with E-state index >= 15 is 0 Å². The van der Waals surface area contributed by atoms with Gasteiger partial charge < -0.3 is 15.2 Å². The van der Waals surface area contributed by atoms with Gasteiger partial charge in [0.15, 0.2) is 0 Å². The summed E-state index contributed by atoms with van der Waals surface area (Å²) in [6, 6.07) is 8.81. The Bertz CT molecular complexity index is 425. The Morgan fingerprint density at radius 2 is 2.24 bits per heavy atom. The van der Waals surface area contributed by atoms with E-state index in [-0.39, 0.29) is 0 Å². The maximum Gasteiger partial charge on any atom is 0.119 e. The normalized spacial score (nSPS) is 23.2. The van der Waals surface area contributed by atoms with Crippen molar-refractivity contribution >= 4 is 0 Å². The maximum atomic E-state index is 5.94. The summed E-state index contributed by atoms with van der Waals surface area (Å²) < 4.78 is 11.2. The van der Waals surface area contributed by atoms with Crippen LogP contribution < -0.4 is 10.5 Å². The minimum Gasteiger partial charge on any atom is -0.494 e. The third-order valence-corrected chi connectivity index (χ3v) is 4.15. The molecule has 1 fully saturated rings. The molecule has 1 heterocycles. The molecule has 1 saturated heterocycles. The van der Waals surface area contributed by atoms with E-state index in [1.807, 2.05) is 6.07 Å². The van der Waals surface area contributed by atoms with Gasteiger partial charge in [-0.15, -0.1) is 0 Å². The Balaban J connectivity index is 1.96. The van der Waals surface area contributed by atoms with E-state index in [1.54, 1.807) is 7.11 Å². The Morgan fingerprint density at radius 1 is 1.38 bits per heavy atom. The van der Waals surface area contributed by atoms with Gasteiger partial charge in [0.05, 0.1) is 12.7 Å². The van der Waals surface area contributed by atoms with Crippen LogP contribution >= 0.6 is 0 Å². The van der Waals surface area contributed by atoms with Crippen LogP contribution in [0.5, 0.6) is 5.75 Å². The highest BCUT2D eigenvalue weighted by molar-refractivity contribution is 5.28. The zero-order valence-electron chi connectivity index (χ0n) is 13.3. The number of likely N-dealkylation sites (tertiary alicyclic amines) is 1. The number of methoxy groups -OCH3 is 1. The van der Waals surface area contributed by atoms with E-state index in [0.29, 0.717) is 18.7 Å². The first-order valence-electron chi connectivity index (χ1n) is 7.95. The summed E-state index contributed by atoms with van der Waals surface area (Å²) in [5, 5.41) is 0. The third-order valence-electron chi connectivity index (χ3n) is 4.15. The summed E-state index contributed by atoms with van der Waals surface area (Å²) in [6.45, 7) is 5.55. The molecule has 0 bridgehead atoms. The molecule has 21 heavy (non-hydrogen) atoms. The van der Waals surface area contributed by atoms with E-state index in [9.17, 15) is 0 Å². The van der Waals surface area contributed by atoms with Crippen LogP contribution in [0.2, 0.25) is 0 Å². The van der Waals surface area contributed by atoms with Gasteiger partial charge in [0.2, 0.25) is 0 Å². The topological polar surface area (TPSA) is 47.7 Å². The summed E-state index contributed by atoms with van der Waals surface area (Å²) in [7, 11) is 1.79. The van der Waals surface area contributed by atoms with Crippen LogP contribution in [0.3, 0.4) is 0 Å². The minimum absolute atomic E-state index is 0.356. The molecule has 2 N–H and O–H groups in total. The summed E-state index contributed by atoms with van der Waals surface area (Å²) >= 11 is 0. The van der Waals surface area contributed by atoms with Gasteiger partial charge >= 0.3 is 0 Å². The predicted octanol–water partition coefficient (Wildman–Crippen LogP) is 2.41. The molecule has 4 heteroatoms. The molecule has 0 aliphatic carbocycles. The number of hydrogen-bond acceptors (Lipinski definition) is 4. The number of nitrogens with two attached hydrogens (primary N) is 1. The number of hydrogen-bond donors (Lipinski definition) is 1. The first kappa shape index (κ1) is 16.3. The van der Waals surface area contributed by atoms with Crippen LogP contribution in [0.15, 0.2) is 24.3 Å². The lowest BCUT2D eigenvalue weighted by atomic mass is 9.98. The molecule has 2 atom stereocenters. The molecular formula is C17H28N2O2. The molecule has 0 amide bonds. The highest BCUT2D eigenvalue weighted by atomic mass is 16.5. The Hall–Kier alpha value is -1.10. The van der Waals surface area contributed by atoms with E-state index in [0.717, 1.165) is 44.7 Å². The van der Waals surface area contributed by atoms with Crippen molar-refractivity contribution in [2.75, 3.05) is 26.8 Å². The molecule has 118 valence electrons. The van der Waals surface area contributed by atoms with Crippen molar-refractivity contribution < 1.29 is 9.47 Å². The molecular weight excluding hydrogens is 264 g/mol. The SMILES string of the molecule is CCCOc1cccc(CN2CCC(OC)CC2CN)c1. The molecule has 1 aliphatic heterocycles. The van der Waals surface area contributed by atoms with Crippen LogP contribution in [0.1, 0.15) is 31.7 Å². The fourth-order valence-electron chi connectivity index (χ4n) is 2.92. The Morgan fingerprint density at radius 3 is 2.95 bits per heavy atom. The van der Waals surface area contributed by atoms with Gasteiger partial charge in [0.1, 0.15) is 5.75 Å². The summed E-state index contributed by atoms with van der Waals surface area (Å²) in [4.78, 5) is 2.47. The number of benzene rings is 1. The highest BCUT2D eigenvalue weighted by Gasteiger charge is 2.27. The van der Waals surface area contributed by atoms with Crippen LogP contribution in [0, 0.1) is 0 Å². The molecule has 0 radical (unpaired) electrons. The minimum atomic E-state index is 0.356. The average Bonchev–Trinajstić information content (AvgIpc) is 2.53. The average molecular weight is 292 g/mol. The van der Waals surface area contributed by atoms with Crippen molar-refractivity contribution in [3.05, 3.63) is 29.8 Å². The van der Waals surface area contributed by atoms with Crippen LogP contribution in [0.25, 0.3) is 0 Å². The van der Waals surface area contributed by atoms with Crippen LogP contribution in [-0.2, 0) is 11.3 Å². The molecule has 0 spiro atoms. The largest absolute Gasteiger partial charge is 0.494 e. The molecule has 1 aromatic carbocycles. The van der Waals surface area contributed by atoms with Gasteiger partial charge in [-0.25, -0.2) is 0 Å². The number of nitrogens with zero attached hydrogens (tertiary/aromatic N) is 1. The zero-order chi connectivity index (χ0) is 15.1. The van der Waals surface area contributed by atoms with Crippen LogP contribution in [-0.4, -0.2) is 43.9 Å². The second-order valence-electron chi connectivity index (χ2n) is 5.74. The molecule has 2 rings (SSSR count). The van der Waals surface area contributed by atoms with E-state index in [4.69, 9.17) is 15.2 Å². The van der Waals surface area contributed by atoms with Gasteiger partial charge in [0.25, 0.3) is 0 Å². The van der Waals surface area contributed by atoms with E-state index in [1.165, 1.54) is 5.56 Å². The fourth-order valence-corrected chi connectivity index (χ4v) is 2.92. The lowest BCUT2D eigenvalue weighted by Gasteiger charge is -2.38. The standard InChI is InChI=1S/C17H28N2O2/c1-3-9-21-17-6-4-5-14(10-17)13-19-8-7-16(20-2)11-15(19)12-18/h4-6,10,15-16H,3,7-9,11-13,18H2,1-2H3. The predicted molar refractivity (Wildman–Crippen MR) is 85.5 cm³/mol. The van der Waals surface area contributed by atoms with Gasteiger partial charge in [-0.1, -0.05) is 19.1 Å².